The first-order valence-electron chi connectivity index (χ1n) is 14.8. The van der Waals surface area contributed by atoms with Crippen molar-refractivity contribution in [3.63, 3.8) is 0 Å². The zero-order valence-corrected chi connectivity index (χ0v) is 38.3. The Morgan fingerprint density at radius 2 is 1.00 bits per heavy atom. The molecule has 6 N–H and O–H groups in total. The molecule has 0 saturated carbocycles. The number of rotatable bonds is 9. The van der Waals surface area contributed by atoms with E-state index in [1.54, 1.807) is 0 Å². The number of hydrogen-bond donors (Lipinski definition) is 4. The summed E-state index contributed by atoms with van der Waals surface area (Å²) in [4.78, 5) is 23.5. The first-order valence-corrected chi connectivity index (χ1v) is 19.1. The average molecular weight is 859 g/mol. The van der Waals surface area contributed by atoms with E-state index in [2.05, 4.69) is 31.3 Å². The Balaban J connectivity index is 0.00000290. The summed E-state index contributed by atoms with van der Waals surface area (Å²) in [6, 6.07) is 17.5. The fraction of sp³-hybridized carbons (Fsp3) is 0. The van der Waals surface area contributed by atoms with Gasteiger partial charge in [0.05, 0.1) is 43.0 Å². The molecule has 57 heavy (non-hydrogen) atoms. The Kier molecular flexibility index (Phi) is 15.7. The molecule has 6 rings (SSSR count). The van der Waals surface area contributed by atoms with Crippen molar-refractivity contribution in [1.82, 2.24) is 0 Å². The van der Waals surface area contributed by atoms with Gasteiger partial charge in [0.15, 0.2) is 0 Å². The molecule has 0 aromatic heterocycles. The van der Waals surface area contributed by atoms with Crippen LogP contribution in [0, 0.1) is 0 Å². The standard InChI is InChI=1S/C32H24N8O11S3.3Na/c33-18-2-1-16-12-26(53(46,47)48)29(31(41)24(16)14-18)39-37-21-7-3-19(4-8-21)35-36-20-5-9-22(10-6-20)38-40-30-27(54(49,50)51)13-17-11-23(52(43,44)45)15-25(34)28(17)32(30)42;;;/h1-15,37-38H,33-34H2,(H,43,44,45)(H,46,47,48)(H,49,50,51);;;/q;3*+1/p-3/b36-35?,39-29?,40-30-;;;. The van der Waals surface area contributed by atoms with Crippen molar-refractivity contribution >= 4 is 99.6 Å². The molecule has 0 atom stereocenters. The van der Waals surface area contributed by atoms with Crippen molar-refractivity contribution in [3.8, 4) is 0 Å². The number of nitrogen functional groups attached to an aromatic ring is 2. The van der Waals surface area contributed by atoms with Gasteiger partial charge in [0.2, 0.25) is 11.6 Å². The average Bonchev–Trinajstić information content (AvgIpc) is 3.09. The van der Waals surface area contributed by atoms with Crippen LogP contribution in [0.2, 0.25) is 0 Å². The number of carbonyl (C=O) groups is 2. The molecule has 0 radical (unpaired) electrons. The van der Waals surface area contributed by atoms with Crippen LogP contribution in [0.3, 0.4) is 0 Å². The summed E-state index contributed by atoms with van der Waals surface area (Å²) in [6.07, 6.45) is 1.75. The molecule has 4 aromatic rings. The van der Waals surface area contributed by atoms with Gasteiger partial charge in [0, 0.05) is 16.9 Å². The van der Waals surface area contributed by atoms with Crippen LogP contribution in [-0.2, 0) is 30.4 Å². The van der Waals surface area contributed by atoms with E-state index in [1.807, 2.05) is 0 Å². The van der Waals surface area contributed by atoms with Crippen molar-refractivity contribution in [2.24, 2.45) is 20.4 Å². The van der Waals surface area contributed by atoms with E-state index >= 15 is 0 Å². The van der Waals surface area contributed by atoms with Crippen LogP contribution >= 0.6 is 0 Å². The summed E-state index contributed by atoms with van der Waals surface area (Å²) in [7, 11) is -15.4. The van der Waals surface area contributed by atoms with Crippen molar-refractivity contribution in [2.45, 2.75) is 4.90 Å². The van der Waals surface area contributed by atoms with Crippen LogP contribution in [-0.4, -0.2) is 61.9 Å². The van der Waals surface area contributed by atoms with E-state index in [0.717, 1.165) is 18.2 Å². The molecular weight excluding hydrogens is 838 g/mol. The Bertz CT molecular complexity index is 2800. The number of ketones is 2. The second-order valence-corrected chi connectivity index (χ2v) is 15.4. The van der Waals surface area contributed by atoms with Crippen LogP contribution in [0.1, 0.15) is 31.8 Å². The van der Waals surface area contributed by atoms with Gasteiger partial charge in [-0.2, -0.15) is 20.4 Å². The second-order valence-electron chi connectivity index (χ2n) is 11.3. The molecular formula is C32H21N8Na3O11S3. The van der Waals surface area contributed by atoms with E-state index in [0.29, 0.717) is 23.1 Å². The maximum atomic E-state index is 13.2. The molecule has 2 aliphatic rings. The molecule has 0 saturated heterocycles. The predicted octanol–water partition coefficient (Wildman–Crippen LogP) is -5.72. The van der Waals surface area contributed by atoms with Gasteiger partial charge < -0.3 is 25.1 Å². The SMILES string of the molecule is Nc1ccc2c(c1)C(=O)C(=NNc1ccc(N=Nc3ccc(N/N=C4\C(=O)c5c(N)cc(S(=O)(=O)[O-])cc5C=C4S(=O)(=O)[O-])cc3)cc1)C(S(=O)(=O)[O-])=C2.[Na+].[Na+].[Na+]. The number of azo groups is 1. The number of nitrogens with zero attached hydrogens (tertiary/aromatic N) is 4. The van der Waals surface area contributed by atoms with Crippen LogP contribution in [0.25, 0.3) is 12.2 Å². The van der Waals surface area contributed by atoms with Gasteiger partial charge in [-0.05, 0) is 96.1 Å². The number of nitrogens with one attached hydrogen (secondary N) is 2. The smallest absolute Gasteiger partial charge is 0.744 e. The van der Waals surface area contributed by atoms with E-state index in [-0.39, 0.29) is 122 Å². The minimum absolute atomic E-state index is 0. The molecule has 0 aliphatic heterocycles. The van der Waals surface area contributed by atoms with E-state index in [1.165, 1.54) is 66.7 Å². The van der Waals surface area contributed by atoms with Gasteiger partial charge in [-0.15, -0.1) is 0 Å². The quantitative estimate of drug-likeness (QED) is 0.0401. The van der Waals surface area contributed by atoms with Gasteiger partial charge in [-0.3, -0.25) is 20.4 Å². The van der Waals surface area contributed by atoms with Gasteiger partial charge >= 0.3 is 88.7 Å². The van der Waals surface area contributed by atoms with Gasteiger partial charge in [-0.25, -0.2) is 25.3 Å². The molecule has 276 valence electrons. The van der Waals surface area contributed by atoms with E-state index in [9.17, 15) is 48.5 Å². The Morgan fingerprint density at radius 3 is 1.46 bits per heavy atom. The van der Waals surface area contributed by atoms with Crippen LogP contribution in [0.5, 0.6) is 0 Å². The molecule has 0 fully saturated rings. The summed E-state index contributed by atoms with van der Waals surface area (Å²) >= 11 is 0. The maximum Gasteiger partial charge on any atom is 1.00 e. The van der Waals surface area contributed by atoms with Gasteiger partial charge in [-0.1, -0.05) is 6.07 Å². The van der Waals surface area contributed by atoms with Crippen molar-refractivity contribution in [3.05, 3.63) is 111 Å². The van der Waals surface area contributed by atoms with Gasteiger partial charge in [0.1, 0.15) is 41.8 Å². The first-order chi connectivity index (χ1) is 25.3. The minimum Gasteiger partial charge on any atom is -0.744 e. The number of anilines is 4. The summed E-state index contributed by atoms with van der Waals surface area (Å²) < 4.78 is 106. The number of nitrogens with two attached hydrogens (primary N) is 2. The molecule has 0 bridgehead atoms. The fourth-order valence-electron chi connectivity index (χ4n) is 5.12. The van der Waals surface area contributed by atoms with Crippen molar-refractivity contribution < 1.29 is 137 Å². The monoisotopic (exact) mass is 858 g/mol. The van der Waals surface area contributed by atoms with E-state index in [4.69, 9.17) is 11.5 Å². The van der Waals surface area contributed by atoms with E-state index < -0.39 is 73.7 Å². The fourth-order valence-corrected chi connectivity index (χ4v) is 6.95. The number of hydrogen-bond acceptors (Lipinski definition) is 19. The van der Waals surface area contributed by atoms with Crippen molar-refractivity contribution in [1.29, 1.82) is 0 Å². The number of benzene rings is 4. The van der Waals surface area contributed by atoms with Crippen LogP contribution in [0.4, 0.5) is 34.1 Å². The number of Topliss-reactive ketones (excluding diaryl/α,β-unsaturated/α-hetero) is 2. The third-order valence-corrected chi connectivity index (χ3v) is 10.1. The minimum atomic E-state index is -5.33. The number of fused-ring (bicyclic) bond motifs is 2. The Labute approximate surface area is 391 Å². The summed E-state index contributed by atoms with van der Waals surface area (Å²) in [5.74, 6) is -1.93. The zero-order chi connectivity index (χ0) is 39.2. The summed E-state index contributed by atoms with van der Waals surface area (Å²) in [6.45, 7) is 0. The molecule has 2 aliphatic carbocycles. The second kappa shape index (κ2) is 18.7. The molecule has 0 amide bonds. The van der Waals surface area contributed by atoms with Crippen LogP contribution < -0.4 is 111 Å². The zero-order valence-electron chi connectivity index (χ0n) is 29.8. The van der Waals surface area contributed by atoms with Crippen molar-refractivity contribution in [2.75, 3.05) is 22.3 Å². The normalized spacial score (nSPS) is 15.4. The number of hydrazone groups is 2. The summed E-state index contributed by atoms with van der Waals surface area (Å²) in [5, 5.41) is 15.9. The molecule has 0 unspecified atom stereocenters. The molecule has 19 nitrogen and oxygen atoms in total. The van der Waals surface area contributed by atoms with Crippen LogP contribution in [0.15, 0.2) is 114 Å². The molecule has 0 spiro atoms. The Morgan fingerprint density at radius 1 is 0.544 bits per heavy atom. The maximum absolute atomic E-state index is 13.2. The molecule has 25 heteroatoms. The number of carbonyl (C=O) groups excluding carboxylic acids is 2. The molecule has 4 aromatic carbocycles. The topological polar surface area (TPSA) is 331 Å². The predicted molar refractivity (Wildman–Crippen MR) is 193 cm³/mol. The summed E-state index contributed by atoms with van der Waals surface area (Å²) in [5.41, 5.74) is 15.7. The largest absolute Gasteiger partial charge is 1.00 e. The molecule has 0 heterocycles. The first kappa shape index (κ1) is 47.9. The third-order valence-electron chi connectivity index (χ3n) is 7.63. The van der Waals surface area contributed by atoms with Gasteiger partial charge in [0.25, 0.3) is 0 Å². The number of allylic oxidation sites excluding steroid dienone is 2. The Hall–Kier alpha value is -3.43. The third kappa shape index (κ3) is 11.0.